The summed E-state index contributed by atoms with van der Waals surface area (Å²) in [6.45, 7) is 9.30. The Labute approximate surface area is 118 Å². The first-order valence-corrected chi connectivity index (χ1v) is 7.79. The van der Waals surface area contributed by atoms with Crippen LogP contribution in [-0.2, 0) is 6.42 Å². The Hall–Kier alpha value is -0.860. The number of nitrogens with one attached hydrogen (secondary N) is 1. The molecule has 19 heavy (non-hydrogen) atoms. The van der Waals surface area contributed by atoms with E-state index in [9.17, 15) is 0 Å². The third kappa shape index (κ3) is 4.96. The first kappa shape index (κ1) is 14.5. The minimum Gasteiger partial charge on any atom is -0.314 e. The molecule has 1 unspecified atom stereocenters. The summed E-state index contributed by atoms with van der Waals surface area (Å²) < 4.78 is 0. The monoisotopic (exact) mass is 260 g/mol. The van der Waals surface area contributed by atoms with Crippen molar-refractivity contribution in [2.24, 2.45) is 0 Å². The van der Waals surface area contributed by atoms with E-state index in [1.807, 2.05) is 0 Å². The summed E-state index contributed by atoms with van der Waals surface area (Å²) in [5.41, 5.74) is 2.82. The molecule has 0 bridgehead atoms. The van der Waals surface area contributed by atoms with Gasteiger partial charge in [0.1, 0.15) is 0 Å². The van der Waals surface area contributed by atoms with Crippen LogP contribution < -0.4 is 5.32 Å². The molecule has 1 fully saturated rings. The van der Waals surface area contributed by atoms with E-state index >= 15 is 0 Å². The fourth-order valence-electron chi connectivity index (χ4n) is 2.96. The van der Waals surface area contributed by atoms with Crippen molar-refractivity contribution in [1.29, 1.82) is 0 Å². The molecule has 2 rings (SSSR count). The van der Waals surface area contributed by atoms with Gasteiger partial charge in [0.2, 0.25) is 0 Å². The first-order valence-electron chi connectivity index (χ1n) is 7.79. The summed E-state index contributed by atoms with van der Waals surface area (Å²) in [6, 6.07) is 9.59. The van der Waals surface area contributed by atoms with Gasteiger partial charge in [0, 0.05) is 6.04 Å². The number of nitrogens with zero attached hydrogens (tertiary/aromatic N) is 1. The van der Waals surface area contributed by atoms with E-state index in [-0.39, 0.29) is 0 Å². The zero-order chi connectivity index (χ0) is 13.5. The summed E-state index contributed by atoms with van der Waals surface area (Å²) in [5.74, 6) is 0. The summed E-state index contributed by atoms with van der Waals surface area (Å²) in [5, 5.41) is 3.75. The summed E-state index contributed by atoms with van der Waals surface area (Å²) in [4.78, 5) is 2.57. The molecule has 1 aromatic carbocycles. The molecule has 2 heteroatoms. The van der Waals surface area contributed by atoms with Crippen LogP contribution in [0.2, 0.25) is 0 Å². The fraction of sp³-hybridized carbons (Fsp3) is 0.647. The lowest BCUT2D eigenvalue weighted by molar-refractivity contribution is 0.297. The molecule has 0 radical (unpaired) electrons. The Balaban J connectivity index is 1.70. The SMILES string of the molecule is CCN1CCCC(NCCc2cccc(C)c2)CC1. The molecule has 0 aliphatic carbocycles. The van der Waals surface area contributed by atoms with Crippen LogP contribution in [-0.4, -0.2) is 37.1 Å². The molecule has 0 spiro atoms. The van der Waals surface area contributed by atoms with Gasteiger partial charge in [-0.1, -0.05) is 36.8 Å². The minimum atomic E-state index is 0.723. The van der Waals surface area contributed by atoms with Crippen LogP contribution in [0.3, 0.4) is 0 Å². The van der Waals surface area contributed by atoms with Crippen LogP contribution in [0.4, 0.5) is 0 Å². The molecule has 1 atom stereocenters. The standard InChI is InChI=1S/C17H28N2/c1-3-19-12-5-8-17(10-13-19)18-11-9-16-7-4-6-15(2)14-16/h4,6-7,14,17-18H,3,5,8-13H2,1-2H3. The second-order valence-electron chi connectivity index (χ2n) is 5.76. The second-order valence-corrected chi connectivity index (χ2v) is 5.76. The van der Waals surface area contributed by atoms with Gasteiger partial charge in [0.15, 0.2) is 0 Å². The maximum atomic E-state index is 3.75. The third-order valence-electron chi connectivity index (χ3n) is 4.20. The van der Waals surface area contributed by atoms with E-state index < -0.39 is 0 Å². The summed E-state index contributed by atoms with van der Waals surface area (Å²) in [6.07, 6.45) is 5.14. The average molecular weight is 260 g/mol. The zero-order valence-electron chi connectivity index (χ0n) is 12.5. The molecule has 1 aliphatic rings. The largest absolute Gasteiger partial charge is 0.314 e. The number of likely N-dealkylation sites (tertiary alicyclic amines) is 1. The van der Waals surface area contributed by atoms with Crippen LogP contribution in [0.5, 0.6) is 0 Å². The minimum absolute atomic E-state index is 0.723. The third-order valence-corrected chi connectivity index (χ3v) is 4.20. The van der Waals surface area contributed by atoms with Crippen LogP contribution in [0.1, 0.15) is 37.3 Å². The topological polar surface area (TPSA) is 15.3 Å². The van der Waals surface area contributed by atoms with Gasteiger partial charge in [-0.15, -0.1) is 0 Å². The molecule has 0 aromatic heterocycles. The molecule has 0 saturated carbocycles. The second kappa shape index (κ2) is 7.66. The van der Waals surface area contributed by atoms with Crippen molar-refractivity contribution in [2.45, 2.75) is 45.6 Å². The number of aryl methyl sites for hydroxylation is 1. The van der Waals surface area contributed by atoms with Crippen molar-refractivity contribution in [3.05, 3.63) is 35.4 Å². The summed E-state index contributed by atoms with van der Waals surface area (Å²) in [7, 11) is 0. The van der Waals surface area contributed by atoms with Gasteiger partial charge in [-0.25, -0.2) is 0 Å². The molecule has 2 nitrogen and oxygen atoms in total. The van der Waals surface area contributed by atoms with Crippen LogP contribution >= 0.6 is 0 Å². The Bertz CT molecular complexity index is 375. The van der Waals surface area contributed by atoms with Gasteiger partial charge < -0.3 is 10.2 Å². The molecule has 1 saturated heterocycles. The lowest BCUT2D eigenvalue weighted by Gasteiger charge is -2.18. The smallest absolute Gasteiger partial charge is 0.00798 e. The number of rotatable bonds is 5. The van der Waals surface area contributed by atoms with E-state index in [0.717, 1.165) is 19.0 Å². The Morgan fingerprint density at radius 2 is 2.16 bits per heavy atom. The number of benzene rings is 1. The zero-order valence-corrected chi connectivity index (χ0v) is 12.5. The van der Waals surface area contributed by atoms with E-state index in [4.69, 9.17) is 0 Å². The van der Waals surface area contributed by atoms with Crippen molar-refractivity contribution in [3.63, 3.8) is 0 Å². The normalized spacial score (nSPS) is 21.3. The highest BCUT2D eigenvalue weighted by Gasteiger charge is 2.14. The maximum Gasteiger partial charge on any atom is 0.00798 e. The van der Waals surface area contributed by atoms with E-state index in [1.165, 1.54) is 50.0 Å². The van der Waals surface area contributed by atoms with E-state index in [2.05, 4.69) is 48.3 Å². The molecule has 1 aromatic rings. The van der Waals surface area contributed by atoms with Crippen LogP contribution in [0, 0.1) is 6.92 Å². The summed E-state index contributed by atoms with van der Waals surface area (Å²) >= 11 is 0. The highest BCUT2D eigenvalue weighted by molar-refractivity contribution is 5.22. The average Bonchev–Trinajstić information content (AvgIpc) is 2.64. The predicted molar refractivity (Wildman–Crippen MR) is 82.6 cm³/mol. The Morgan fingerprint density at radius 3 is 2.95 bits per heavy atom. The molecule has 1 N–H and O–H groups in total. The lowest BCUT2D eigenvalue weighted by atomic mass is 10.1. The van der Waals surface area contributed by atoms with Crippen LogP contribution in [0.15, 0.2) is 24.3 Å². The highest BCUT2D eigenvalue weighted by Crippen LogP contribution is 2.11. The van der Waals surface area contributed by atoms with Gasteiger partial charge >= 0.3 is 0 Å². The Morgan fingerprint density at radius 1 is 1.26 bits per heavy atom. The maximum absolute atomic E-state index is 3.75. The van der Waals surface area contributed by atoms with Gasteiger partial charge in [-0.05, 0) is 64.3 Å². The van der Waals surface area contributed by atoms with Gasteiger partial charge in [0.25, 0.3) is 0 Å². The Kier molecular flexibility index (Phi) is 5.87. The van der Waals surface area contributed by atoms with Gasteiger partial charge in [-0.2, -0.15) is 0 Å². The predicted octanol–water partition coefficient (Wildman–Crippen LogP) is 3.00. The molecule has 106 valence electrons. The van der Waals surface area contributed by atoms with Crippen molar-refractivity contribution in [2.75, 3.05) is 26.2 Å². The molecule has 0 amide bonds. The number of hydrogen-bond acceptors (Lipinski definition) is 2. The highest BCUT2D eigenvalue weighted by atomic mass is 15.1. The quantitative estimate of drug-likeness (QED) is 0.875. The van der Waals surface area contributed by atoms with E-state index in [0.29, 0.717) is 0 Å². The van der Waals surface area contributed by atoms with Gasteiger partial charge in [-0.3, -0.25) is 0 Å². The van der Waals surface area contributed by atoms with Crippen molar-refractivity contribution in [1.82, 2.24) is 10.2 Å². The molecular weight excluding hydrogens is 232 g/mol. The number of hydrogen-bond donors (Lipinski definition) is 1. The van der Waals surface area contributed by atoms with Crippen molar-refractivity contribution in [3.8, 4) is 0 Å². The molecule has 1 aliphatic heterocycles. The first-order chi connectivity index (χ1) is 9.28. The molecular formula is C17H28N2. The van der Waals surface area contributed by atoms with Crippen molar-refractivity contribution >= 4 is 0 Å². The lowest BCUT2D eigenvalue weighted by Crippen LogP contribution is -2.32. The van der Waals surface area contributed by atoms with Gasteiger partial charge in [0.05, 0.1) is 0 Å². The fourth-order valence-corrected chi connectivity index (χ4v) is 2.96. The van der Waals surface area contributed by atoms with E-state index in [1.54, 1.807) is 0 Å². The van der Waals surface area contributed by atoms with Crippen molar-refractivity contribution < 1.29 is 0 Å². The van der Waals surface area contributed by atoms with Crippen LogP contribution in [0.25, 0.3) is 0 Å². The molecule has 1 heterocycles.